The maximum Gasteiger partial charge on any atom is -0.00869 e. The molecule has 0 aromatic heterocycles. The minimum atomic E-state index is 0.603. The molecule has 4 aromatic carbocycles. The quantitative estimate of drug-likeness (QED) is 0.268. The van der Waals surface area contributed by atoms with Gasteiger partial charge in [-0.05, 0) is 106 Å². The van der Waals surface area contributed by atoms with Crippen molar-refractivity contribution in [3.63, 3.8) is 0 Å². The van der Waals surface area contributed by atoms with Crippen LogP contribution in [0.3, 0.4) is 0 Å². The molecule has 0 aliphatic heterocycles. The van der Waals surface area contributed by atoms with Gasteiger partial charge in [0.25, 0.3) is 0 Å². The van der Waals surface area contributed by atoms with E-state index in [9.17, 15) is 0 Å². The molecule has 38 heavy (non-hydrogen) atoms. The first-order valence-electron chi connectivity index (χ1n) is 14.6. The third-order valence-corrected chi connectivity index (χ3v) is 10.2. The van der Waals surface area contributed by atoms with Gasteiger partial charge in [0.1, 0.15) is 0 Å². The van der Waals surface area contributed by atoms with E-state index in [1.165, 1.54) is 47.9 Å². The lowest BCUT2D eigenvalue weighted by atomic mass is 9.81. The Kier molecular flexibility index (Phi) is 5.28. The molecule has 0 bridgehead atoms. The zero-order valence-corrected chi connectivity index (χ0v) is 21.8. The van der Waals surface area contributed by atoms with Crippen LogP contribution in [-0.4, -0.2) is 0 Å². The molecule has 6 unspecified atom stereocenters. The lowest BCUT2D eigenvalue weighted by Gasteiger charge is -2.23. The lowest BCUT2D eigenvalue weighted by molar-refractivity contribution is 0.585. The van der Waals surface area contributed by atoms with Crippen molar-refractivity contribution < 1.29 is 0 Å². The molecule has 0 N–H and O–H groups in total. The van der Waals surface area contributed by atoms with Crippen LogP contribution in [0.1, 0.15) is 82.7 Å². The number of hydrogen-bond donors (Lipinski definition) is 0. The number of benzene rings is 4. The molecule has 6 atom stereocenters. The fourth-order valence-corrected chi connectivity index (χ4v) is 8.44. The molecule has 2 fully saturated rings. The Hall–Kier alpha value is -3.64. The highest BCUT2D eigenvalue weighted by Crippen LogP contribution is 2.55. The summed E-state index contributed by atoms with van der Waals surface area (Å²) in [7, 11) is 0. The van der Waals surface area contributed by atoms with Crippen molar-refractivity contribution in [1.82, 2.24) is 0 Å². The third kappa shape index (κ3) is 3.57. The zero-order chi connectivity index (χ0) is 25.1. The molecule has 2 saturated carbocycles. The van der Waals surface area contributed by atoms with Gasteiger partial charge < -0.3 is 0 Å². The van der Waals surface area contributed by atoms with E-state index in [0.717, 1.165) is 0 Å². The Balaban J connectivity index is 1.14. The van der Waals surface area contributed by atoms with Gasteiger partial charge in [-0.2, -0.15) is 0 Å². The Labute approximate surface area is 226 Å². The second-order valence-corrected chi connectivity index (χ2v) is 12.0. The maximum atomic E-state index is 2.50. The number of rotatable bonds is 3. The molecule has 0 heterocycles. The molecule has 4 aliphatic rings. The first-order valence-corrected chi connectivity index (χ1v) is 14.6. The molecule has 0 nitrogen and oxygen atoms in total. The minimum absolute atomic E-state index is 0.603. The van der Waals surface area contributed by atoms with Gasteiger partial charge in [0.05, 0.1) is 0 Å². The molecule has 0 spiro atoms. The van der Waals surface area contributed by atoms with E-state index in [1.54, 1.807) is 22.3 Å². The number of fused-ring (bicyclic) bond motifs is 6. The van der Waals surface area contributed by atoms with Gasteiger partial charge in [0.2, 0.25) is 0 Å². The van der Waals surface area contributed by atoms with E-state index in [-0.39, 0.29) is 0 Å². The van der Waals surface area contributed by atoms with Crippen molar-refractivity contribution >= 4 is 12.2 Å². The summed E-state index contributed by atoms with van der Waals surface area (Å²) in [6.45, 7) is 0. The Morgan fingerprint density at radius 2 is 0.789 bits per heavy atom. The second kappa shape index (κ2) is 8.98. The van der Waals surface area contributed by atoms with Crippen LogP contribution in [0.2, 0.25) is 0 Å². The molecule has 8 rings (SSSR count). The van der Waals surface area contributed by atoms with Crippen LogP contribution in [0.15, 0.2) is 109 Å². The van der Waals surface area contributed by atoms with E-state index in [1.807, 2.05) is 0 Å². The SMILES string of the molecule is C1=CC2CC(c3ccccc3-c3ccccc3C3CC4C=Cc5ccccc5C4C3)CC2c2ccccc21. The van der Waals surface area contributed by atoms with Crippen LogP contribution in [0.4, 0.5) is 0 Å². The van der Waals surface area contributed by atoms with E-state index >= 15 is 0 Å². The van der Waals surface area contributed by atoms with Crippen molar-refractivity contribution in [3.05, 3.63) is 143 Å². The van der Waals surface area contributed by atoms with Crippen LogP contribution in [0, 0.1) is 11.8 Å². The lowest BCUT2D eigenvalue weighted by Crippen LogP contribution is -2.08. The van der Waals surface area contributed by atoms with Crippen LogP contribution in [0.5, 0.6) is 0 Å². The summed E-state index contributed by atoms with van der Waals surface area (Å²) in [6.07, 6.45) is 14.7. The van der Waals surface area contributed by atoms with Crippen molar-refractivity contribution in [2.24, 2.45) is 11.8 Å². The predicted molar refractivity (Wildman–Crippen MR) is 159 cm³/mol. The fraction of sp³-hybridized carbons (Fsp3) is 0.263. The van der Waals surface area contributed by atoms with Gasteiger partial charge in [-0.25, -0.2) is 0 Å². The maximum absolute atomic E-state index is 2.50. The van der Waals surface area contributed by atoms with Gasteiger partial charge in [-0.3, -0.25) is 0 Å². The van der Waals surface area contributed by atoms with Gasteiger partial charge >= 0.3 is 0 Å². The average Bonchev–Trinajstić information content (AvgIpc) is 3.62. The van der Waals surface area contributed by atoms with Gasteiger partial charge in [0, 0.05) is 0 Å². The fourth-order valence-electron chi connectivity index (χ4n) is 8.44. The van der Waals surface area contributed by atoms with Crippen LogP contribution in [0.25, 0.3) is 23.3 Å². The first-order chi connectivity index (χ1) is 18.8. The summed E-state index contributed by atoms with van der Waals surface area (Å²) in [4.78, 5) is 0. The molecule has 4 aliphatic carbocycles. The topological polar surface area (TPSA) is 0 Å². The molecule has 4 aromatic rings. The third-order valence-electron chi connectivity index (χ3n) is 10.2. The largest absolute Gasteiger partial charge is 0.0802 e. The normalized spacial score (nSPS) is 28.4. The van der Waals surface area contributed by atoms with Gasteiger partial charge in [-0.1, -0.05) is 121 Å². The smallest absolute Gasteiger partial charge is 0.00869 e. The van der Waals surface area contributed by atoms with Crippen LogP contribution < -0.4 is 0 Å². The molecular formula is C38H34. The van der Waals surface area contributed by atoms with Gasteiger partial charge in [0.15, 0.2) is 0 Å². The molecule has 0 saturated heterocycles. The highest BCUT2D eigenvalue weighted by Gasteiger charge is 2.39. The highest BCUT2D eigenvalue weighted by atomic mass is 14.4. The predicted octanol–water partition coefficient (Wildman–Crippen LogP) is 9.96. The van der Waals surface area contributed by atoms with Crippen molar-refractivity contribution in [1.29, 1.82) is 0 Å². The van der Waals surface area contributed by atoms with Crippen molar-refractivity contribution in [2.75, 3.05) is 0 Å². The minimum Gasteiger partial charge on any atom is -0.0802 e. The molecule has 0 radical (unpaired) electrons. The van der Waals surface area contributed by atoms with E-state index in [0.29, 0.717) is 35.5 Å². The van der Waals surface area contributed by atoms with Crippen LogP contribution >= 0.6 is 0 Å². The second-order valence-electron chi connectivity index (χ2n) is 12.0. The van der Waals surface area contributed by atoms with E-state index < -0.39 is 0 Å². The Morgan fingerprint density at radius 3 is 1.26 bits per heavy atom. The monoisotopic (exact) mass is 490 g/mol. The highest BCUT2D eigenvalue weighted by molar-refractivity contribution is 5.73. The number of hydrogen-bond acceptors (Lipinski definition) is 0. The Morgan fingerprint density at radius 1 is 0.395 bits per heavy atom. The van der Waals surface area contributed by atoms with Crippen molar-refractivity contribution in [3.8, 4) is 11.1 Å². The van der Waals surface area contributed by atoms with E-state index in [4.69, 9.17) is 0 Å². The standard InChI is InChI=1S/C38H34/c1-3-11-31-25(9-1)17-19-27-21-29(23-37(27)31)33-13-5-7-15-35(33)36-16-8-6-14-34(36)30-22-28-20-18-26-10-2-4-12-32(26)38(28)24-30/h1-20,27-30,37-38H,21-24H2. The molecule has 0 amide bonds. The summed E-state index contributed by atoms with van der Waals surface area (Å²) >= 11 is 0. The summed E-state index contributed by atoms with van der Waals surface area (Å²) in [6, 6.07) is 36.8. The first kappa shape index (κ1) is 22.4. The van der Waals surface area contributed by atoms with Crippen molar-refractivity contribution in [2.45, 2.75) is 49.4 Å². The zero-order valence-electron chi connectivity index (χ0n) is 21.8. The van der Waals surface area contributed by atoms with Crippen LogP contribution in [-0.2, 0) is 0 Å². The van der Waals surface area contributed by atoms with E-state index in [2.05, 4.69) is 121 Å². The summed E-state index contributed by atoms with van der Waals surface area (Å²) in [5.41, 5.74) is 12.0. The average molecular weight is 491 g/mol. The number of allylic oxidation sites excluding steroid dienone is 2. The Bertz CT molecular complexity index is 1450. The summed E-state index contributed by atoms with van der Waals surface area (Å²) in [5.74, 6) is 3.81. The summed E-state index contributed by atoms with van der Waals surface area (Å²) < 4.78 is 0. The molecule has 0 heteroatoms. The summed E-state index contributed by atoms with van der Waals surface area (Å²) in [5, 5.41) is 0. The van der Waals surface area contributed by atoms with Gasteiger partial charge in [-0.15, -0.1) is 0 Å². The molecular weight excluding hydrogens is 456 g/mol. The molecule has 186 valence electrons.